The van der Waals surface area contributed by atoms with E-state index in [0.717, 1.165) is 33.2 Å². The number of hydrogen-bond acceptors (Lipinski definition) is 4. The monoisotopic (exact) mass is 397 g/mol. The lowest BCUT2D eigenvalue weighted by molar-refractivity contribution is 0.354. The van der Waals surface area contributed by atoms with Crippen LogP contribution < -0.4 is 14.9 Å². The average molecular weight is 398 g/mol. The van der Waals surface area contributed by atoms with E-state index in [1.165, 1.54) is 0 Å². The van der Waals surface area contributed by atoms with E-state index in [-0.39, 0.29) is 0 Å². The number of methoxy groups -OCH3 is 2. The molecule has 0 fully saturated rings. The van der Waals surface area contributed by atoms with Crippen LogP contribution in [-0.4, -0.2) is 25.0 Å². The second kappa shape index (κ2) is 8.85. The molecule has 146 valence electrons. The summed E-state index contributed by atoms with van der Waals surface area (Å²) in [5, 5.41) is 5.11. The summed E-state index contributed by atoms with van der Waals surface area (Å²) in [6.45, 7) is 4.75. The van der Waals surface area contributed by atoms with Crippen LogP contribution >= 0.6 is 11.6 Å². The highest BCUT2D eigenvalue weighted by atomic mass is 35.5. The Morgan fingerprint density at radius 1 is 1.00 bits per heavy atom. The summed E-state index contributed by atoms with van der Waals surface area (Å²) in [4.78, 5) is 0. The predicted molar refractivity (Wildman–Crippen MR) is 114 cm³/mol. The molecule has 0 radical (unpaired) electrons. The average Bonchev–Trinajstić information content (AvgIpc) is 2.99. The van der Waals surface area contributed by atoms with Crippen LogP contribution in [0.25, 0.3) is 5.69 Å². The lowest BCUT2D eigenvalue weighted by atomic mass is 10.2. The van der Waals surface area contributed by atoms with Gasteiger partial charge in [-0.25, -0.2) is 0 Å². The topological polar surface area (TPSA) is 47.8 Å². The molecule has 2 aromatic carbocycles. The summed E-state index contributed by atoms with van der Waals surface area (Å²) in [5.41, 5.74) is 8.55. The molecule has 0 spiro atoms. The number of ether oxygens (including phenoxy) is 2. The molecule has 5 nitrogen and oxygen atoms in total. The van der Waals surface area contributed by atoms with Crippen molar-refractivity contribution in [3.05, 3.63) is 76.1 Å². The SMILES string of the molecule is COc1ccc(CN/N=C\c2cc(C)n(-c3ccc(Cl)cc3)c2C)cc1OC. The van der Waals surface area contributed by atoms with Crippen LogP contribution in [0.2, 0.25) is 5.02 Å². The van der Waals surface area contributed by atoms with Crippen LogP contribution in [0.15, 0.2) is 53.6 Å². The van der Waals surface area contributed by atoms with E-state index < -0.39 is 0 Å². The van der Waals surface area contributed by atoms with E-state index in [0.29, 0.717) is 18.0 Å². The number of hydrogen-bond donors (Lipinski definition) is 1. The number of benzene rings is 2. The first-order chi connectivity index (χ1) is 13.5. The normalized spacial score (nSPS) is 11.0. The van der Waals surface area contributed by atoms with Crippen molar-refractivity contribution in [3.63, 3.8) is 0 Å². The summed E-state index contributed by atoms with van der Waals surface area (Å²) in [7, 11) is 3.25. The Labute approximate surface area is 170 Å². The Morgan fingerprint density at radius 2 is 1.71 bits per heavy atom. The zero-order valence-corrected chi connectivity index (χ0v) is 17.2. The van der Waals surface area contributed by atoms with Crippen molar-refractivity contribution in [2.45, 2.75) is 20.4 Å². The fourth-order valence-electron chi connectivity index (χ4n) is 3.15. The minimum absolute atomic E-state index is 0.590. The summed E-state index contributed by atoms with van der Waals surface area (Å²) >= 11 is 6.00. The highest BCUT2D eigenvalue weighted by Crippen LogP contribution is 2.27. The fraction of sp³-hybridized carbons (Fsp3) is 0.227. The molecule has 0 atom stereocenters. The first kappa shape index (κ1) is 19.8. The van der Waals surface area contributed by atoms with Gasteiger partial charge in [0.15, 0.2) is 11.5 Å². The minimum Gasteiger partial charge on any atom is -0.493 e. The number of halogens is 1. The van der Waals surface area contributed by atoms with E-state index in [2.05, 4.69) is 35.0 Å². The van der Waals surface area contributed by atoms with E-state index in [1.807, 2.05) is 48.7 Å². The van der Waals surface area contributed by atoms with Gasteiger partial charge in [-0.2, -0.15) is 5.10 Å². The second-order valence-corrected chi connectivity index (χ2v) is 6.86. The number of aromatic nitrogens is 1. The van der Waals surface area contributed by atoms with Crippen molar-refractivity contribution in [2.24, 2.45) is 5.10 Å². The highest BCUT2D eigenvalue weighted by Gasteiger charge is 2.09. The lowest BCUT2D eigenvalue weighted by Gasteiger charge is -2.10. The van der Waals surface area contributed by atoms with Gasteiger partial charge in [0.2, 0.25) is 0 Å². The summed E-state index contributed by atoms with van der Waals surface area (Å²) in [5.74, 6) is 1.42. The lowest BCUT2D eigenvalue weighted by Crippen LogP contribution is -2.06. The molecule has 3 aromatic rings. The molecule has 1 N–H and O–H groups in total. The van der Waals surface area contributed by atoms with Gasteiger partial charge in [0.1, 0.15) is 0 Å². The van der Waals surface area contributed by atoms with Crippen molar-refractivity contribution in [3.8, 4) is 17.2 Å². The highest BCUT2D eigenvalue weighted by molar-refractivity contribution is 6.30. The Bertz CT molecular complexity index is 978. The van der Waals surface area contributed by atoms with Crippen LogP contribution in [0.3, 0.4) is 0 Å². The van der Waals surface area contributed by atoms with Crippen LogP contribution in [0.4, 0.5) is 0 Å². The third-order valence-corrected chi connectivity index (χ3v) is 4.83. The van der Waals surface area contributed by atoms with E-state index in [9.17, 15) is 0 Å². The Balaban J connectivity index is 1.70. The molecule has 6 heteroatoms. The van der Waals surface area contributed by atoms with Gasteiger partial charge in [0.25, 0.3) is 0 Å². The number of rotatable bonds is 7. The zero-order chi connectivity index (χ0) is 20.1. The van der Waals surface area contributed by atoms with Gasteiger partial charge in [-0.1, -0.05) is 17.7 Å². The summed E-state index contributed by atoms with van der Waals surface area (Å²) in [6.07, 6.45) is 1.84. The van der Waals surface area contributed by atoms with Gasteiger partial charge < -0.3 is 19.5 Å². The van der Waals surface area contributed by atoms with Crippen molar-refractivity contribution in [1.82, 2.24) is 9.99 Å². The first-order valence-electron chi connectivity index (χ1n) is 8.95. The van der Waals surface area contributed by atoms with Gasteiger partial charge in [-0.05, 0) is 61.9 Å². The van der Waals surface area contributed by atoms with Crippen molar-refractivity contribution in [1.29, 1.82) is 0 Å². The predicted octanol–water partition coefficient (Wildman–Crippen LogP) is 4.89. The Morgan fingerprint density at radius 3 is 2.39 bits per heavy atom. The molecule has 1 aromatic heterocycles. The van der Waals surface area contributed by atoms with E-state index in [1.54, 1.807) is 14.2 Å². The Hall–Kier alpha value is -2.92. The second-order valence-electron chi connectivity index (χ2n) is 6.42. The summed E-state index contributed by atoms with van der Waals surface area (Å²) < 4.78 is 12.8. The van der Waals surface area contributed by atoms with Crippen molar-refractivity contribution in [2.75, 3.05) is 14.2 Å². The van der Waals surface area contributed by atoms with Crippen LogP contribution in [0, 0.1) is 13.8 Å². The molecular formula is C22H24ClN3O2. The molecular weight excluding hydrogens is 374 g/mol. The maximum atomic E-state index is 6.00. The molecule has 0 saturated heterocycles. The van der Waals surface area contributed by atoms with Crippen LogP contribution in [-0.2, 0) is 6.54 Å². The molecule has 28 heavy (non-hydrogen) atoms. The summed E-state index contributed by atoms with van der Waals surface area (Å²) in [6, 6.07) is 15.7. The van der Waals surface area contributed by atoms with Crippen molar-refractivity contribution < 1.29 is 9.47 Å². The quantitative estimate of drug-likeness (QED) is 0.456. The fourth-order valence-corrected chi connectivity index (χ4v) is 3.27. The molecule has 0 bridgehead atoms. The molecule has 1 heterocycles. The molecule has 3 rings (SSSR count). The third kappa shape index (κ3) is 4.31. The van der Waals surface area contributed by atoms with Crippen LogP contribution in [0.5, 0.6) is 11.5 Å². The zero-order valence-electron chi connectivity index (χ0n) is 16.5. The number of hydrazone groups is 1. The molecule has 0 aliphatic rings. The molecule has 0 aliphatic carbocycles. The number of nitrogens with one attached hydrogen (secondary N) is 1. The van der Waals surface area contributed by atoms with Gasteiger partial charge in [0, 0.05) is 27.7 Å². The number of nitrogens with zero attached hydrogens (tertiary/aromatic N) is 2. The maximum absolute atomic E-state index is 6.00. The van der Waals surface area contributed by atoms with E-state index in [4.69, 9.17) is 21.1 Å². The van der Waals surface area contributed by atoms with Gasteiger partial charge in [-0.15, -0.1) is 0 Å². The smallest absolute Gasteiger partial charge is 0.161 e. The van der Waals surface area contributed by atoms with E-state index >= 15 is 0 Å². The number of aryl methyl sites for hydroxylation is 1. The molecule has 0 saturated carbocycles. The van der Waals surface area contributed by atoms with Crippen LogP contribution in [0.1, 0.15) is 22.5 Å². The first-order valence-corrected chi connectivity index (χ1v) is 9.33. The van der Waals surface area contributed by atoms with Gasteiger partial charge in [0.05, 0.1) is 27.0 Å². The molecule has 0 aliphatic heterocycles. The minimum atomic E-state index is 0.590. The largest absolute Gasteiger partial charge is 0.493 e. The van der Waals surface area contributed by atoms with Gasteiger partial charge in [-0.3, -0.25) is 0 Å². The standard InChI is InChI=1S/C22H24ClN3O2/c1-15-11-18(16(2)26(15)20-8-6-19(23)7-9-20)14-25-24-13-17-5-10-21(27-3)22(12-17)28-4/h5-12,14,24H,13H2,1-4H3/b25-14-. The molecule has 0 amide bonds. The van der Waals surface area contributed by atoms with Gasteiger partial charge >= 0.3 is 0 Å². The van der Waals surface area contributed by atoms with Crippen molar-refractivity contribution >= 4 is 17.8 Å². The molecule has 0 unspecified atom stereocenters. The Kier molecular flexibility index (Phi) is 6.26. The third-order valence-electron chi connectivity index (χ3n) is 4.58. The maximum Gasteiger partial charge on any atom is 0.161 e.